The van der Waals surface area contributed by atoms with Crippen molar-refractivity contribution in [1.29, 1.82) is 0 Å². The summed E-state index contributed by atoms with van der Waals surface area (Å²) < 4.78 is 5.79. The van der Waals surface area contributed by atoms with Gasteiger partial charge in [-0.05, 0) is 47.5 Å². The highest BCUT2D eigenvalue weighted by molar-refractivity contribution is 7.12. The van der Waals surface area contributed by atoms with Crippen molar-refractivity contribution < 1.29 is 24.5 Å². The van der Waals surface area contributed by atoms with Crippen molar-refractivity contribution >= 4 is 28.9 Å². The van der Waals surface area contributed by atoms with Gasteiger partial charge in [-0.25, -0.2) is 4.79 Å². The van der Waals surface area contributed by atoms with E-state index in [0.717, 1.165) is 48.9 Å². The van der Waals surface area contributed by atoms with Crippen molar-refractivity contribution in [3.63, 3.8) is 0 Å². The number of hydrogen-bond acceptors (Lipinski definition) is 5. The molecule has 1 fully saturated rings. The molecule has 162 valence electrons. The second-order valence-electron chi connectivity index (χ2n) is 7.70. The first kappa shape index (κ1) is 22.5. The number of ether oxygens (including phenoxy) is 1. The molecular weight excluding hydrogens is 402 g/mol. The largest absolute Gasteiger partial charge is 0.477 e. The van der Waals surface area contributed by atoms with E-state index in [1.165, 1.54) is 11.3 Å². The van der Waals surface area contributed by atoms with Crippen molar-refractivity contribution in [2.75, 3.05) is 11.5 Å². The zero-order valence-electron chi connectivity index (χ0n) is 17.3. The number of aliphatic hydroxyl groups is 1. The maximum Gasteiger partial charge on any atom is 0.345 e. The van der Waals surface area contributed by atoms with E-state index in [2.05, 4.69) is 6.92 Å². The molecule has 1 aliphatic heterocycles. The molecule has 1 aliphatic rings. The second-order valence-corrected chi connectivity index (χ2v) is 8.61. The molecule has 1 unspecified atom stereocenters. The van der Waals surface area contributed by atoms with Gasteiger partial charge in [0, 0.05) is 12.1 Å². The van der Waals surface area contributed by atoms with Gasteiger partial charge in [0.05, 0.1) is 25.4 Å². The number of carbonyl (C=O) groups is 2. The Morgan fingerprint density at radius 2 is 2.07 bits per heavy atom. The average molecular weight is 432 g/mol. The third kappa shape index (κ3) is 5.68. The van der Waals surface area contributed by atoms with Crippen LogP contribution < -0.4 is 4.90 Å². The van der Waals surface area contributed by atoms with Gasteiger partial charge in [-0.1, -0.05) is 38.3 Å². The maximum absolute atomic E-state index is 12.4. The third-order valence-electron chi connectivity index (χ3n) is 5.41. The van der Waals surface area contributed by atoms with Gasteiger partial charge < -0.3 is 19.8 Å². The van der Waals surface area contributed by atoms with Crippen LogP contribution in [0.5, 0.6) is 0 Å². The average Bonchev–Trinajstić information content (AvgIpc) is 3.35. The van der Waals surface area contributed by atoms with Gasteiger partial charge in [0.2, 0.25) is 5.91 Å². The standard InChI is InChI=1S/C23H29NO5S/c1-2-3-4-5-20(25)17-6-8-18(9-7-17)24-19(10-11-22(24)26)14-29-13-16-12-21(23(27)28)30-15-16/h6-9,12,15,19-20,25H,2-5,10-11,13-14H2,1H3,(H,27,28)/t19-,20?/m1/s1. The van der Waals surface area contributed by atoms with E-state index < -0.39 is 12.1 Å². The van der Waals surface area contributed by atoms with Crippen LogP contribution in [0.3, 0.4) is 0 Å². The molecule has 1 aromatic carbocycles. The van der Waals surface area contributed by atoms with Gasteiger partial charge in [0.25, 0.3) is 0 Å². The molecule has 2 heterocycles. The lowest BCUT2D eigenvalue weighted by Gasteiger charge is -2.25. The van der Waals surface area contributed by atoms with Crippen molar-refractivity contribution in [3.05, 3.63) is 51.7 Å². The highest BCUT2D eigenvalue weighted by Crippen LogP contribution is 2.29. The van der Waals surface area contributed by atoms with E-state index in [4.69, 9.17) is 9.84 Å². The number of anilines is 1. The third-order valence-corrected chi connectivity index (χ3v) is 6.37. The molecule has 0 bridgehead atoms. The Labute approximate surface area is 181 Å². The minimum Gasteiger partial charge on any atom is -0.477 e. The minimum absolute atomic E-state index is 0.0459. The van der Waals surface area contributed by atoms with Crippen LogP contribution in [0.4, 0.5) is 5.69 Å². The lowest BCUT2D eigenvalue weighted by molar-refractivity contribution is -0.117. The number of nitrogens with zero attached hydrogens (tertiary/aromatic N) is 1. The molecule has 1 amide bonds. The molecule has 0 saturated carbocycles. The number of carboxylic acid groups (broad SMARTS) is 1. The number of aliphatic hydroxyl groups excluding tert-OH is 1. The number of amides is 1. The molecule has 1 saturated heterocycles. The van der Waals surface area contributed by atoms with Crippen LogP contribution in [0.2, 0.25) is 0 Å². The summed E-state index contributed by atoms with van der Waals surface area (Å²) in [6.07, 6.45) is 4.73. The summed E-state index contributed by atoms with van der Waals surface area (Å²) in [5, 5.41) is 21.1. The van der Waals surface area contributed by atoms with E-state index >= 15 is 0 Å². The van der Waals surface area contributed by atoms with Crippen molar-refractivity contribution in [1.82, 2.24) is 0 Å². The number of aromatic carboxylic acids is 1. The molecule has 0 spiro atoms. The van der Waals surface area contributed by atoms with E-state index in [1.807, 2.05) is 24.3 Å². The van der Waals surface area contributed by atoms with Crippen LogP contribution in [-0.4, -0.2) is 34.7 Å². The molecule has 2 aromatic rings. The van der Waals surface area contributed by atoms with Gasteiger partial charge >= 0.3 is 5.97 Å². The predicted octanol–water partition coefficient (Wildman–Crippen LogP) is 4.77. The van der Waals surface area contributed by atoms with E-state index in [0.29, 0.717) is 24.5 Å². The van der Waals surface area contributed by atoms with Crippen LogP contribution >= 0.6 is 11.3 Å². The van der Waals surface area contributed by atoms with Crippen LogP contribution in [0, 0.1) is 0 Å². The number of carbonyl (C=O) groups excluding carboxylic acids is 1. The van der Waals surface area contributed by atoms with Crippen LogP contribution in [-0.2, 0) is 16.1 Å². The second kappa shape index (κ2) is 10.7. The Morgan fingerprint density at radius 1 is 1.30 bits per heavy atom. The lowest BCUT2D eigenvalue weighted by atomic mass is 10.0. The van der Waals surface area contributed by atoms with Crippen LogP contribution in [0.25, 0.3) is 0 Å². The summed E-state index contributed by atoms with van der Waals surface area (Å²) in [6, 6.07) is 9.16. The first-order valence-corrected chi connectivity index (χ1v) is 11.4. The lowest BCUT2D eigenvalue weighted by Crippen LogP contribution is -2.36. The topological polar surface area (TPSA) is 87.1 Å². The molecule has 2 N–H and O–H groups in total. The first-order chi connectivity index (χ1) is 14.5. The van der Waals surface area contributed by atoms with Crippen molar-refractivity contribution in [2.45, 2.75) is 64.2 Å². The van der Waals surface area contributed by atoms with Crippen molar-refractivity contribution in [3.8, 4) is 0 Å². The van der Waals surface area contributed by atoms with Gasteiger partial charge in [0.1, 0.15) is 4.88 Å². The highest BCUT2D eigenvalue weighted by Gasteiger charge is 2.32. The smallest absolute Gasteiger partial charge is 0.345 e. The van der Waals surface area contributed by atoms with Gasteiger partial charge in [0.15, 0.2) is 0 Å². The molecule has 0 aliphatic carbocycles. The summed E-state index contributed by atoms with van der Waals surface area (Å²) in [6.45, 7) is 2.86. The maximum atomic E-state index is 12.4. The van der Waals surface area contributed by atoms with Gasteiger partial charge in [-0.2, -0.15) is 0 Å². The quantitative estimate of drug-likeness (QED) is 0.500. The Bertz CT molecular complexity index is 848. The zero-order chi connectivity index (χ0) is 21.5. The number of carboxylic acids is 1. The molecular formula is C23H29NO5S. The minimum atomic E-state index is -0.933. The number of thiophene rings is 1. The molecule has 30 heavy (non-hydrogen) atoms. The fraction of sp³-hybridized carbons (Fsp3) is 0.478. The van der Waals surface area contributed by atoms with E-state index in [9.17, 15) is 14.7 Å². The number of rotatable bonds is 11. The molecule has 1 aromatic heterocycles. The SMILES string of the molecule is CCCCCC(O)c1ccc(N2C(=O)CC[C@@H]2COCc2csc(C(=O)O)c2)cc1. The predicted molar refractivity (Wildman–Crippen MR) is 117 cm³/mol. The zero-order valence-corrected chi connectivity index (χ0v) is 18.1. The summed E-state index contributed by atoms with van der Waals surface area (Å²) >= 11 is 1.18. The Morgan fingerprint density at radius 3 is 2.73 bits per heavy atom. The van der Waals surface area contributed by atoms with E-state index in [1.54, 1.807) is 16.3 Å². The summed E-state index contributed by atoms with van der Waals surface area (Å²) in [4.78, 5) is 25.5. The number of hydrogen-bond donors (Lipinski definition) is 2. The Balaban J connectivity index is 1.56. The van der Waals surface area contributed by atoms with Crippen LogP contribution in [0.15, 0.2) is 35.7 Å². The number of unbranched alkanes of at least 4 members (excludes halogenated alkanes) is 2. The van der Waals surface area contributed by atoms with Gasteiger partial charge in [-0.3, -0.25) is 4.79 Å². The molecule has 7 heteroatoms. The van der Waals surface area contributed by atoms with Crippen LogP contribution in [0.1, 0.15) is 72.4 Å². The van der Waals surface area contributed by atoms with E-state index in [-0.39, 0.29) is 11.9 Å². The molecule has 0 radical (unpaired) electrons. The normalized spacial score (nSPS) is 17.5. The summed E-state index contributed by atoms with van der Waals surface area (Å²) in [5.74, 6) is -0.860. The Hall–Kier alpha value is -2.22. The monoisotopic (exact) mass is 431 g/mol. The molecule has 6 nitrogen and oxygen atoms in total. The number of benzene rings is 1. The summed E-state index contributed by atoms with van der Waals surface area (Å²) in [7, 11) is 0. The molecule has 3 rings (SSSR count). The summed E-state index contributed by atoms with van der Waals surface area (Å²) in [5.41, 5.74) is 2.52. The molecule has 2 atom stereocenters. The fourth-order valence-electron chi connectivity index (χ4n) is 3.74. The fourth-order valence-corrected chi connectivity index (χ4v) is 4.48. The highest BCUT2D eigenvalue weighted by atomic mass is 32.1. The van der Waals surface area contributed by atoms with Gasteiger partial charge in [-0.15, -0.1) is 11.3 Å². The van der Waals surface area contributed by atoms with Crippen molar-refractivity contribution in [2.24, 2.45) is 0 Å². The Kier molecular flexibility index (Phi) is 8.01. The first-order valence-electron chi connectivity index (χ1n) is 10.5.